The fraction of sp³-hybridized carbons (Fsp3) is 0.190. The Balaban J connectivity index is 2.23. The number of aliphatic hydroxyl groups is 1. The molecule has 2 aromatic rings. The molecule has 0 saturated carbocycles. The van der Waals surface area contributed by atoms with Gasteiger partial charge in [-0.2, -0.15) is 0 Å². The number of benzene rings is 2. The molecular formula is C21H22O5. The van der Waals surface area contributed by atoms with Crippen LogP contribution in [0.1, 0.15) is 13.8 Å². The number of esters is 1. The molecule has 136 valence electrons. The lowest BCUT2D eigenvalue weighted by molar-refractivity contribution is -0.130. The second-order valence-corrected chi connectivity index (χ2v) is 5.87. The van der Waals surface area contributed by atoms with Gasteiger partial charge in [0.1, 0.15) is 17.2 Å². The Labute approximate surface area is 153 Å². The summed E-state index contributed by atoms with van der Waals surface area (Å²) in [7, 11) is 1.55. The first-order valence-electron chi connectivity index (χ1n) is 7.98. The van der Waals surface area contributed by atoms with E-state index in [0.717, 1.165) is 11.1 Å². The molecule has 5 heteroatoms. The quantitative estimate of drug-likeness (QED) is 0.266. The Kier molecular flexibility index (Phi) is 6.20. The zero-order valence-corrected chi connectivity index (χ0v) is 15.1. The first-order chi connectivity index (χ1) is 12.3. The number of hydrogen-bond donors (Lipinski definition) is 1. The van der Waals surface area contributed by atoms with E-state index in [1.54, 1.807) is 51.3 Å². The lowest BCUT2D eigenvalue weighted by Gasteiger charge is -2.14. The number of aliphatic hydroxyl groups excluding tert-OH is 1. The van der Waals surface area contributed by atoms with Crippen LogP contribution in [0, 0.1) is 0 Å². The molecule has 0 aliphatic heterocycles. The first-order valence-corrected chi connectivity index (χ1v) is 7.98. The summed E-state index contributed by atoms with van der Waals surface area (Å²) in [4.78, 5) is 11.6. The Bertz CT molecular complexity index is 821. The summed E-state index contributed by atoms with van der Waals surface area (Å²) < 4.78 is 16.0. The van der Waals surface area contributed by atoms with E-state index in [4.69, 9.17) is 14.2 Å². The zero-order valence-electron chi connectivity index (χ0n) is 15.1. The van der Waals surface area contributed by atoms with Crippen molar-refractivity contribution in [3.8, 4) is 28.4 Å². The molecule has 26 heavy (non-hydrogen) atoms. The molecule has 0 fully saturated rings. The normalized spacial score (nSPS) is 11.4. The van der Waals surface area contributed by atoms with Gasteiger partial charge in [-0.1, -0.05) is 25.3 Å². The third-order valence-corrected chi connectivity index (χ3v) is 3.57. The van der Waals surface area contributed by atoms with E-state index in [1.165, 1.54) is 0 Å². The maximum Gasteiger partial charge on any atom is 0.338 e. The summed E-state index contributed by atoms with van der Waals surface area (Å²) in [5, 5.41) is 9.70. The minimum atomic E-state index is -1.04. The molecule has 2 aromatic carbocycles. The average molecular weight is 354 g/mol. The monoisotopic (exact) mass is 354 g/mol. The maximum atomic E-state index is 11.6. The SMILES string of the molecule is C=C(C)C(=O)Oc1ccc(-c2ccc(OC(O)C(=C)C)cc2)c(OC)c1. The predicted molar refractivity (Wildman–Crippen MR) is 100 cm³/mol. The summed E-state index contributed by atoms with van der Waals surface area (Å²) in [5.74, 6) is 0.975. The summed E-state index contributed by atoms with van der Waals surface area (Å²) in [6.45, 7) is 10.5. The number of methoxy groups -OCH3 is 1. The zero-order chi connectivity index (χ0) is 19.3. The van der Waals surface area contributed by atoms with Gasteiger partial charge in [0.15, 0.2) is 0 Å². The van der Waals surface area contributed by atoms with E-state index in [2.05, 4.69) is 13.2 Å². The van der Waals surface area contributed by atoms with Gasteiger partial charge in [0.05, 0.1) is 7.11 Å². The Hall–Kier alpha value is -3.05. The summed E-state index contributed by atoms with van der Waals surface area (Å²) in [6, 6.07) is 12.3. The molecule has 0 saturated heterocycles. The molecular weight excluding hydrogens is 332 g/mol. The van der Waals surface area contributed by atoms with Crippen LogP contribution in [-0.4, -0.2) is 24.5 Å². The van der Waals surface area contributed by atoms with E-state index in [1.807, 2.05) is 12.1 Å². The van der Waals surface area contributed by atoms with Crippen LogP contribution in [0.3, 0.4) is 0 Å². The molecule has 2 rings (SSSR count). The molecule has 0 amide bonds. The largest absolute Gasteiger partial charge is 0.496 e. The van der Waals surface area contributed by atoms with Crippen LogP contribution in [0.4, 0.5) is 0 Å². The van der Waals surface area contributed by atoms with Crippen LogP contribution < -0.4 is 14.2 Å². The highest BCUT2D eigenvalue weighted by Gasteiger charge is 2.12. The first kappa shape index (κ1) is 19.3. The summed E-state index contributed by atoms with van der Waals surface area (Å²) in [6.07, 6.45) is -1.04. The molecule has 0 aliphatic carbocycles. The molecule has 0 spiro atoms. The van der Waals surface area contributed by atoms with Gasteiger partial charge in [-0.25, -0.2) is 4.79 Å². The highest BCUT2D eigenvalue weighted by molar-refractivity contribution is 5.89. The maximum absolute atomic E-state index is 11.6. The van der Waals surface area contributed by atoms with Gasteiger partial charge in [0, 0.05) is 17.2 Å². The van der Waals surface area contributed by atoms with E-state index in [0.29, 0.717) is 28.4 Å². The third kappa shape index (κ3) is 4.74. The number of carbonyl (C=O) groups excluding carboxylic acids is 1. The van der Waals surface area contributed by atoms with Crippen molar-refractivity contribution in [3.05, 3.63) is 66.8 Å². The minimum Gasteiger partial charge on any atom is -0.496 e. The average Bonchev–Trinajstić information content (AvgIpc) is 2.62. The van der Waals surface area contributed by atoms with Gasteiger partial charge in [0.2, 0.25) is 6.29 Å². The molecule has 1 unspecified atom stereocenters. The lowest BCUT2D eigenvalue weighted by Crippen LogP contribution is -2.15. The van der Waals surface area contributed by atoms with Crippen molar-refractivity contribution >= 4 is 5.97 Å². The van der Waals surface area contributed by atoms with Crippen LogP contribution in [0.15, 0.2) is 66.8 Å². The van der Waals surface area contributed by atoms with Gasteiger partial charge in [-0.15, -0.1) is 0 Å². The Morgan fingerprint density at radius 2 is 1.65 bits per heavy atom. The number of carbonyl (C=O) groups is 1. The van der Waals surface area contributed by atoms with Gasteiger partial charge in [-0.3, -0.25) is 0 Å². The lowest BCUT2D eigenvalue weighted by atomic mass is 10.0. The van der Waals surface area contributed by atoms with Gasteiger partial charge in [-0.05, 0) is 49.2 Å². The fourth-order valence-corrected chi connectivity index (χ4v) is 2.11. The summed E-state index contributed by atoms with van der Waals surface area (Å²) in [5.41, 5.74) is 2.56. The van der Waals surface area contributed by atoms with Crippen molar-refractivity contribution in [2.24, 2.45) is 0 Å². The van der Waals surface area contributed by atoms with E-state index in [-0.39, 0.29) is 0 Å². The molecule has 0 bridgehead atoms. The Morgan fingerprint density at radius 1 is 1.04 bits per heavy atom. The van der Waals surface area contributed by atoms with Crippen molar-refractivity contribution in [2.45, 2.75) is 20.1 Å². The van der Waals surface area contributed by atoms with Gasteiger partial charge < -0.3 is 19.3 Å². The summed E-state index contributed by atoms with van der Waals surface area (Å²) >= 11 is 0. The van der Waals surface area contributed by atoms with Gasteiger partial charge in [0.25, 0.3) is 0 Å². The predicted octanol–water partition coefficient (Wildman–Crippen LogP) is 4.12. The van der Waals surface area contributed by atoms with Crippen molar-refractivity contribution < 1.29 is 24.1 Å². The molecule has 0 aromatic heterocycles. The van der Waals surface area contributed by atoms with Crippen molar-refractivity contribution in [1.82, 2.24) is 0 Å². The second kappa shape index (κ2) is 8.36. The highest BCUT2D eigenvalue weighted by atomic mass is 16.6. The van der Waals surface area contributed by atoms with Gasteiger partial charge >= 0.3 is 5.97 Å². The van der Waals surface area contributed by atoms with Crippen LogP contribution >= 0.6 is 0 Å². The molecule has 0 radical (unpaired) electrons. The van der Waals surface area contributed by atoms with E-state index in [9.17, 15) is 9.90 Å². The third-order valence-electron chi connectivity index (χ3n) is 3.57. The fourth-order valence-electron chi connectivity index (χ4n) is 2.11. The standard InChI is InChI=1S/C21H22O5/c1-13(2)20(22)25-16-8-6-15(7-9-16)18-11-10-17(12-19(18)24-5)26-21(23)14(3)4/h6-12,20,22H,1,3H2,2,4-5H3. The van der Waals surface area contributed by atoms with Crippen LogP contribution in [-0.2, 0) is 4.79 Å². The Morgan fingerprint density at radius 3 is 2.19 bits per heavy atom. The molecule has 0 aliphatic rings. The smallest absolute Gasteiger partial charge is 0.338 e. The topological polar surface area (TPSA) is 65.0 Å². The van der Waals surface area contributed by atoms with Crippen molar-refractivity contribution in [2.75, 3.05) is 7.11 Å². The molecule has 1 N–H and O–H groups in total. The number of hydrogen-bond acceptors (Lipinski definition) is 5. The van der Waals surface area contributed by atoms with E-state index < -0.39 is 12.3 Å². The van der Waals surface area contributed by atoms with Crippen LogP contribution in [0.2, 0.25) is 0 Å². The van der Waals surface area contributed by atoms with Crippen molar-refractivity contribution in [1.29, 1.82) is 0 Å². The minimum absolute atomic E-state index is 0.320. The number of ether oxygens (including phenoxy) is 3. The second-order valence-electron chi connectivity index (χ2n) is 5.87. The van der Waals surface area contributed by atoms with Crippen LogP contribution in [0.5, 0.6) is 17.2 Å². The number of rotatable bonds is 7. The van der Waals surface area contributed by atoms with Crippen molar-refractivity contribution in [3.63, 3.8) is 0 Å². The molecule has 1 atom stereocenters. The van der Waals surface area contributed by atoms with E-state index >= 15 is 0 Å². The highest BCUT2D eigenvalue weighted by Crippen LogP contribution is 2.34. The van der Waals surface area contributed by atoms with Crippen LogP contribution in [0.25, 0.3) is 11.1 Å². The molecule has 5 nitrogen and oxygen atoms in total. The molecule has 0 heterocycles.